The monoisotopic (exact) mass is 391 g/mol. The van der Waals surface area contributed by atoms with E-state index in [4.69, 9.17) is 4.74 Å². The van der Waals surface area contributed by atoms with E-state index in [1.807, 2.05) is 24.3 Å². The summed E-state index contributed by atoms with van der Waals surface area (Å²) in [6.45, 7) is 6.46. The number of fused-ring (bicyclic) bond motifs is 1. The topological polar surface area (TPSA) is 75.0 Å². The summed E-state index contributed by atoms with van der Waals surface area (Å²) < 4.78 is 6.27. The molecule has 2 aromatic carbocycles. The fourth-order valence-electron chi connectivity index (χ4n) is 2.70. The zero-order chi connectivity index (χ0) is 20.3. The van der Waals surface area contributed by atoms with E-state index in [0.717, 1.165) is 10.2 Å². The quantitative estimate of drug-likeness (QED) is 0.493. The van der Waals surface area contributed by atoms with Gasteiger partial charge in [-0.25, -0.2) is 4.98 Å². The van der Waals surface area contributed by atoms with Crippen LogP contribution in [0.25, 0.3) is 16.3 Å². The molecule has 0 bridgehead atoms. The van der Waals surface area contributed by atoms with Gasteiger partial charge in [0.05, 0.1) is 17.3 Å². The lowest BCUT2D eigenvalue weighted by atomic mass is 9.87. The number of nitrogens with zero attached hydrogens (tertiary/aromatic N) is 2. The molecule has 142 valence electrons. The number of para-hydroxylation sites is 1. The number of carbonyl (C=O) groups is 1. The highest BCUT2D eigenvalue weighted by atomic mass is 32.1. The molecule has 1 N–H and O–H groups in total. The van der Waals surface area contributed by atoms with E-state index >= 15 is 0 Å². The Bertz CT molecular complexity index is 1100. The van der Waals surface area contributed by atoms with Crippen molar-refractivity contribution in [2.75, 3.05) is 12.4 Å². The Balaban J connectivity index is 1.87. The molecule has 0 aliphatic carbocycles. The van der Waals surface area contributed by atoms with Crippen LogP contribution >= 0.6 is 11.3 Å². The second-order valence-corrected chi connectivity index (χ2v) is 8.35. The van der Waals surface area contributed by atoms with Gasteiger partial charge in [-0.05, 0) is 35.3 Å². The molecule has 1 heterocycles. The molecule has 28 heavy (non-hydrogen) atoms. The molecule has 3 aromatic rings. The van der Waals surface area contributed by atoms with E-state index in [1.165, 1.54) is 23.0 Å². The fraction of sp³-hybridized carbons (Fsp3) is 0.227. The normalized spacial score (nSPS) is 11.9. The molecule has 0 spiro atoms. The predicted molar refractivity (Wildman–Crippen MR) is 114 cm³/mol. The summed E-state index contributed by atoms with van der Waals surface area (Å²) >= 11 is 1.39. The van der Waals surface area contributed by atoms with E-state index < -0.39 is 5.91 Å². The Morgan fingerprint density at radius 2 is 2.00 bits per heavy atom. The molecule has 5 nitrogen and oxygen atoms in total. The van der Waals surface area contributed by atoms with Gasteiger partial charge in [0.2, 0.25) is 0 Å². The van der Waals surface area contributed by atoms with Gasteiger partial charge in [0.15, 0.2) is 5.13 Å². The van der Waals surface area contributed by atoms with Crippen LogP contribution in [0, 0.1) is 11.3 Å². The third-order valence-corrected chi connectivity index (χ3v) is 5.21. The van der Waals surface area contributed by atoms with Crippen molar-refractivity contribution in [2.24, 2.45) is 0 Å². The van der Waals surface area contributed by atoms with Crippen molar-refractivity contribution in [1.29, 1.82) is 5.26 Å². The maximum absolute atomic E-state index is 12.6. The number of methoxy groups -OCH3 is 1. The van der Waals surface area contributed by atoms with Crippen LogP contribution in [0.4, 0.5) is 5.13 Å². The third kappa shape index (κ3) is 4.21. The Morgan fingerprint density at radius 1 is 1.25 bits per heavy atom. The third-order valence-electron chi connectivity index (χ3n) is 4.28. The number of carbonyl (C=O) groups excluding carboxylic acids is 1. The van der Waals surface area contributed by atoms with Gasteiger partial charge in [-0.2, -0.15) is 5.26 Å². The van der Waals surface area contributed by atoms with Gasteiger partial charge < -0.3 is 4.74 Å². The maximum atomic E-state index is 12.6. The molecule has 0 saturated heterocycles. The first-order chi connectivity index (χ1) is 13.3. The van der Waals surface area contributed by atoms with Crippen LogP contribution in [0.3, 0.4) is 0 Å². The minimum Gasteiger partial charge on any atom is -0.496 e. The van der Waals surface area contributed by atoms with E-state index in [-0.39, 0.29) is 11.0 Å². The molecule has 1 amide bonds. The average Bonchev–Trinajstić information content (AvgIpc) is 3.06. The molecule has 0 atom stereocenters. The second kappa shape index (κ2) is 7.83. The zero-order valence-electron chi connectivity index (χ0n) is 16.2. The first kappa shape index (κ1) is 19.6. The van der Waals surface area contributed by atoms with E-state index in [1.54, 1.807) is 19.2 Å². The molecule has 0 aliphatic heterocycles. The van der Waals surface area contributed by atoms with Gasteiger partial charge in [0, 0.05) is 5.56 Å². The lowest BCUT2D eigenvalue weighted by Gasteiger charge is -2.18. The predicted octanol–water partition coefficient (Wildman–Crippen LogP) is 5.15. The SMILES string of the molecule is COc1ccccc1/C=C(\C#N)C(=O)Nc1nc2ccc(C(C)(C)C)cc2s1. The number of aromatic nitrogens is 1. The summed E-state index contributed by atoms with van der Waals surface area (Å²) in [4.78, 5) is 17.0. The number of amides is 1. The minimum atomic E-state index is -0.497. The van der Waals surface area contributed by atoms with E-state index in [0.29, 0.717) is 16.4 Å². The van der Waals surface area contributed by atoms with Crippen LogP contribution < -0.4 is 10.1 Å². The average molecular weight is 391 g/mol. The Hall–Kier alpha value is -3.17. The van der Waals surface area contributed by atoms with Gasteiger partial charge in [-0.1, -0.05) is 56.4 Å². The number of benzene rings is 2. The number of thiazole rings is 1. The van der Waals surface area contributed by atoms with Crippen molar-refractivity contribution in [3.05, 3.63) is 59.2 Å². The Kier molecular flexibility index (Phi) is 5.48. The maximum Gasteiger partial charge on any atom is 0.268 e. The van der Waals surface area contributed by atoms with Gasteiger partial charge in [-0.3, -0.25) is 10.1 Å². The second-order valence-electron chi connectivity index (χ2n) is 7.32. The molecule has 6 heteroatoms. The number of nitriles is 1. The van der Waals surface area contributed by atoms with E-state index in [9.17, 15) is 10.1 Å². The van der Waals surface area contributed by atoms with Crippen molar-refractivity contribution in [1.82, 2.24) is 4.98 Å². The molecule has 0 fully saturated rings. The van der Waals surface area contributed by atoms with Crippen LogP contribution in [0.5, 0.6) is 5.75 Å². The summed E-state index contributed by atoms with van der Waals surface area (Å²) in [6, 6.07) is 15.3. The molecule has 0 aliphatic rings. The zero-order valence-corrected chi connectivity index (χ0v) is 17.1. The summed E-state index contributed by atoms with van der Waals surface area (Å²) in [5.41, 5.74) is 2.71. The van der Waals surface area contributed by atoms with Crippen molar-refractivity contribution in [3.63, 3.8) is 0 Å². The largest absolute Gasteiger partial charge is 0.496 e. The van der Waals surface area contributed by atoms with Crippen molar-refractivity contribution < 1.29 is 9.53 Å². The van der Waals surface area contributed by atoms with Crippen LogP contribution in [-0.2, 0) is 10.2 Å². The number of hydrogen-bond acceptors (Lipinski definition) is 5. The lowest BCUT2D eigenvalue weighted by Crippen LogP contribution is -2.13. The highest BCUT2D eigenvalue weighted by molar-refractivity contribution is 7.22. The van der Waals surface area contributed by atoms with Gasteiger partial charge >= 0.3 is 0 Å². The molecule has 0 unspecified atom stereocenters. The number of ether oxygens (including phenoxy) is 1. The standard InChI is InChI=1S/C22H21N3O2S/c1-22(2,3)16-9-10-17-19(12-16)28-21(24-17)25-20(26)15(13-23)11-14-7-5-6-8-18(14)27-4/h5-12H,1-4H3,(H,24,25,26)/b15-11+. The number of hydrogen-bond donors (Lipinski definition) is 1. The fourth-order valence-corrected chi connectivity index (χ4v) is 3.60. The van der Waals surface area contributed by atoms with Gasteiger partial charge in [-0.15, -0.1) is 0 Å². The van der Waals surface area contributed by atoms with E-state index in [2.05, 4.69) is 43.2 Å². The van der Waals surface area contributed by atoms with Crippen LogP contribution in [-0.4, -0.2) is 18.0 Å². The molecule has 0 saturated carbocycles. The minimum absolute atomic E-state index is 0.0147. The lowest BCUT2D eigenvalue weighted by molar-refractivity contribution is -0.112. The summed E-state index contributed by atoms with van der Waals surface area (Å²) in [6.07, 6.45) is 1.51. The number of anilines is 1. The summed E-state index contributed by atoms with van der Waals surface area (Å²) in [5.74, 6) is 0.0984. The number of rotatable bonds is 4. The Morgan fingerprint density at radius 3 is 2.68 bits per heavy atom. The van der Waals surface area contributed by atoms with Crippen molar-refractivity contribution in [2.45, 2.75) is 26.2 Å². The van der Waals surface area contributed by atoms with Gasteiger partial charge in [0.25, 0.3) is 5.91 Å². The van der Waals surface area contributed by atoms with Crippen molar-refractivity contribution >= 4 is 38.7 Å². The highest BCUT2D eigenvalue weighted by Gasteiger charge is 2.17. The summed E-state index contributed by atoms with van der Waals surface area (Å²) in [5, 5.41) is 12.6. The molecule has 3 rings (SSSR count). The van der Waals surface area contributed by atoms with Crippen LogP contribution in [0.2, 0.25) is 0 Å². The highest BCUT2D eigenvalue weighted by Crippen LogP contribution is 2.31. The van der Waals surface area contributed by atoms with Crippen LogP contribution in [0.1, 0.15) is 31.9 Å². The molecular formula is C22H21N3O2S. The molecule has 1 aromatic heterocycles. The molecule has 0 radical (unpaired) electrons. The van der Waals surface area contributed by atoms with Gasteiger partial charge in [0.1, 0.15) is 17.4 Å². The Labute approximate surface area is 168 Å². The van der Waals surface area contributed by atoms with Crippen LogP contribution in [0.15, 0.2) is 48.0 Å². The first-order valence-electron chi connectivity index (χ1n) is 8.79. The summed E-state index contributed by atoms with van der Waals surface area (Å²) in [7, 11) is 1.55. The smallest absolute Gasteiger partial charge is 0.268 e. The first-order valence-corrected chi connectivity index (χ1v) is 9.60. The van der Waals surface area contributed by atoms with Crippen molar-refractivity contribution in [3.8, 4) is 11.8 Å². The molecular weight excluding hydrogens is 370 g/mol. The number of nitrogens with one attached hydrogen (secondary N) is 1.